The number of aliphatic hydroxyl groups excluding tert-OH is 1. The number of allylic oxidation sites excluding steroid dienone is 1. The van der Waals surface area contributed by atoms with Crippen LogP contribution in [-0.4, -0.2) is 40.9 Å². The zero-order chi connectivity index (χ0) is 20.8. The fraction of sp³-hybridized carbons (Fsp3) is 0.368. The Kier molecular flexibility index (Phi) is 7.27. The highest BCUT2D eigenvalue weighted by molar-refractivity contribution is 6.20. The van der Waals surface area contributed by atoms with Crippen LogP contribution in [0.2, 0.25) is 0 Å². The number of esters is 1. The van der Waals surface area contributed by atoms with Crippen LogP contribution in [0, 0.1) is 5.41 Å². The Morgan fingerprint density at radius 3 is 2.11 bits per heavy atom. The van der Waals surface area contributed by atoms with Gasteiger partial charge in [0.1, 0.15) is 18.0 Å². The van der Waals surface area contributed by atoms with Crippen molar-refractivity contribution in [2.75, 3.05) is 11.9 Å². The number of hydrogen-bond acceptors (Lipinski definition) is 7. The molecule has 8 heteroatoms. The summed E-state index contributed by atoms with van der Waals surface area (Å²) in [6.07, 6.45) is -0.619. The first-order valence-corrected chi connectivity index (χ1v) is 8.16. The van der Waals surface area contributed by atoms with Gasteiger partial charge in [0.15, 0.2) is 5.78 Å². The molecule has 0 aliphatic rings. The first-order chi connectivity index (χ1) is 12.4. The molecular formula is C19H24N2O6. The second-order valence-corrected chi connectivity index (χ2v) is 6.78. The number of ether oxygens (including phenoxy) is 2. The van der Waals surface area contributed by atoms with Gasteiger partial charge in [-0.3, -0.25) is 10.1 Å². The summed E-state index contributed by atoms with van der Waals surface area (Å²) in [5.74, 6) is -1.70. The Balaban J connectivity index is 2.72. The maximum absolute atomic E-state index is 12.0. The molecule has 1 aromatic rings. The maximum atomic E-state index is 12.0. The monoisotopic (exact) mass is 376 g/mol. The van der Waals surface area contributed by atoms with Crippen molar-refractivity contribution < 1.29 is 29.0 Å². The number of hydrogen-bond donors (Lipinski definition) is 3. The van der Waals surface area contributed by atoms with Crippen molar-refractivity contribution in [1.29, 1.82) is 5.41 Å². The largest absolute Gasteiger partial charge is 0.508 e. The smallest absolute Gasteiger partial charge is 0.412 e. The van der Waals surface area contributed by atoms with Gasteiger partial charge in [-0.15, -0.1) is 0 Å². The normalized spacial score (nSPS) is 11.9. The number of ketones is 1. The van der Waals surface area contributed by atoms with Crippen LogP contribution in [0.15, 0.2) is 35.6 Å². The number of amides is 1. The van der Waals surface area contributed by atoms with Crippen LogP contribution in [0.1, 0.15) is 45.0 Å². The minimum atomic E-state index is -0.726. The number of carbonyl (C=O) groups is 3. The minimum absolute atomic E-state index is 0.117. The molecule has 0 saturated carbocycles. The summed E-state index contributed by atoms with van der Waals surface area (Å²) in [7, 11) is 0. The second kappa shape index (κ2) is 8.98. The molecule has 0 bridgehead atoms. The minimum Gasteiger partial charge on any atom is -0.508 e. The van der Waals surface area contributed by atoms with Gasteiger partial charge in [0, 0.05) is 11.4 Å². The highest BCUT2D eigenvalue weighted by atomic mass is 16.6. The molecule has 0 aliphatic heterocycles. The highest BCUT2D eigenvalue weighted by Gasteiger charge is 2.17. The average Bonchev–Trinajstić information content (AvgIpc) is 2.50. The standard InChI is InChI=1S/C19H24N2O6/c1-11(20)16(12(2)22)15(23)10-26-17(24)13-6-8-14(9-7-13)21-18(25)27-19(3,4)5/h6-9,20,23H,10H2,1-5H3,(H,21,25)/b16-15-,20-11?. The van der Waals surface area contributed by atoms with Crippen molar-refractivity contribution >= 4 is 29.2 Å². The lowest BCUT2D eigenvalue weighted by molar-refractivity contribution is -0.113. The van der Waals surface area contributed by atoms with E-state index in [4.69, 9.17) is 14.9 Å². The van der Waals surface area contributed by atoms with Crippen molar-refractivity contribution in [1.82, 2.24) is 0 Å². The van der Waals surface area contributed by atoms with Crippen LogP contribution in [0.3, 0.4) is 0 Å². The summed E-state index contributed by atoms with van der Waals surface area (Å²) in [6, 6.07) is 5.87. The number of rotatable bonds is 6. The zero-order valence-electron chi connectivity index (χ0n) is 16.0. The fourth-order valence-electron chi connectivity index (χ4n) is 2.08. The second-order valence-electron chi connectivity index (χ2n) is 6.78. The van der Waals surface area contributed by atoms with Gasteiger partial charge in [-0.05, 0) is 58.9 Å². The molecule has 1 aromatic carbocycles. The molecule has 8 nitrogen and oxygen atoms in total. The van der Waals surface area contributed by atoms with Crippen molar-refractivity contribution in [2.45, 2.75) is 40.2 Å². The molecule has 0 atom stereocenters. The molecule has 146 valence electrons. The molecule has 0 radical (unpaired) electrons. The molecule has 0 fully saturated rings. The van der Waals surface area contributed by atoms with Gasteiger partial charge in [0.2, 0.25) is 0 Å². The molecular weight excluding hydrogens is 352 g/mol. The lowest BCUT2D eigenvalue weighted by Gasteiger charge is -2.19. The summed E-state index contributed by atoms with van der Waals surface area (Å²) < 4.78 is 10.1. The Bertz CT molecular complexity index is 756. The summed E-state index contributed by atoms with van der Waals surface area (Å²) in [5.41, 5.74) is -0.305. The molecule has 0 unspecified atom stereocenters. The van der Waals surface area contributed by atoms with E-state index in [-0.39, 0.29) is 16.8 Å². The molecule has 3 N–H and O–H groups in total. The maximum Gasteiger partial charge on any atom is 0.412 e. The van der Waals surface area contributed by atoms with Crippen LogP contribution < -0.4 is 5.32 Å². The van der Waals surface area contributed by atoms with E-state index in [2.05, 4.69) is 5.32 Å². The third-order valence-electron chi connectivity index (χ3n) is 3.12. The van der Waals surface area contributed by atoms with Crippen LogP contribution in [0.25, 0.3) is 0 Å². The Morgan fingerprint density at radius 2 is 1.67 bits per heavy atom. The van der Waals surface area contributed by atoms with E-state index in [1.165, 1.54) is 38.1 Å². The summed E-state index contributed by atoms with van der Waals surface area (Å²) in [5, 5.41) is 19.9. The van der Waals surface area contributed by atoms with E-state index >= 15 is 0 Å². The van der Waals surface area contributed by atoms with Crippen molar-refractivity contribution in [3.05, 3.63) is 41.2 Å². The van der Waals surface area contributed by atoms with E-state index < -0.39 is 35.8 Å². The first kappa shape index (κ1) is 21.9. The van der Waals surface area contributed by atoms with Crippen LogP contribution in [0.4, 0.5) is 10.5 Å². The van der Waals surface area contributed by atoms with Crippen molar-refractivity contribution in [2.24, 2.45) is 0 Å². The van der Waals surface area contributed by atoms with E-state index in [1.54, 1.807) is 20.8 Å². The van der Waals surface area contributed by atoms with Gasteiger partial charge in [0.05, 0.1) is 11.1 Å². The van der Waals surface area contributed by atoms with Gasteiger partial charge in [-0.1, -0.05) is 0 Å². The van der Waals surface area contributed by atoms with E-state index in [9.17, 15) is 19.5 Å². The van der Waals surface area contributed by atoms with E-state index in [0.717, 1.165) is 0 Å². The number of carbonyl (C=O) groups excluding carboxylic acids is 3. The lowest BCUT2D eigenvalue weighted by Crippen LogP contribution is -2.27. The van der Waals surface area contributed by atoms with E-state index in [1.807, 2.05) is 0 Å². The van der Waals surface area contributed by atoms with E-state index in [0.29, 0.717) is 5.69 Å². The number of benzene rings is 1. The molecule has 0 spiro atoms. The summed E-state index contributed by atoms with van der Waals surface area (Å²) in [4.78, 5) is 35.1. The number of aliphatic hydroxyl groups is 1. The Labute approximate surface area is 157 Å². The van der Waals surface area contributed by atoms with Gasteiger partial charge < -0.3 is 20.0 Å². The van der Waals surface area contributed by atoms with Gasteiger partial charge in [-0.25, -0.2) is 9.59 Å². The number of nitrogens with one attached hydrogen (secondary N) is 2. The predicted octanol–water partition coefficient (Wildman–Crippen LogP) is 3.63. The van der Waals surface area contributed by atoms with Crippen molar-refractivity contribution in [3.63, 3.8) is 0 Å². The third-order valence-corrected chi connectivity index (χ3v) is 3.12. The average molecular weight is 376 g/mol. The molecule has 0 heterocycles. The van der Waals surface area contributed by atoms with Crippen LogP contribution >= 0.6 is 0 Å². The molecule has 0 saturated heterocycles. The van der Waals surface area contributed by atoms with Crippen LogP contribution in [-0.2, 0) is 14.3 Å². The van der Waals surface area contributed by atoms with Crippen molar-refractivity contribution in [3.8, 4) is 0 Å². The quantitative estimate of drug-likeness (QED) is 0.301. The van der Waals surface area contributed by atoms with Gasteiger partial charge in [-0.2, -0.15) is 0 Å². The number of Topliss-reactive ketones (excluding diaryl/α,β-unsaturated/α-hetero) is 1. The number of anilines is 1. The summed E-state index contributed by atoms with van der Waals surface area (Å²) in [6.45, 7) is 7.27. The predicted molar refractivity (Wildman–Crippen MR) is 100 cm³/mol. The van der Waals surface area contributed by atoms with Crippen LogP contribution in [0.5, 0.6) is 0 Å². The molecule has 0 aromatic heterocycles. The topological polar surface area (TPSA) is 126 Å². The summed E-state index contributed by atoms with van der Waals surface area (Å²) >= 11 is 0. The van der Waals surface area contributed by atoms with Gasteiger partial charge >= 0.3 is 12.1 Å². The highest BCUT2D eigenvalue weighted by Crippen LogP contribution is 2.14. The molecule has 1 rings (SSSR count). The molecule has 0 aliphatic carbocycles. The first-order valence-electron chi connectivity index (χ1n) is 8.16. The van der Waals surface area contributed by atoms with Gasteiger partial charge in [0.25, 0.3) is 0 Å². The lowest BCUT2D eigenvalue weighted by atomic mass is 10.1. The SMILES string of the molecule is CC(=N)/C(C(C)=O)=C(/O)COC(=O)c1ccc(NC(=O)OC(C)(C)C)cc1. The Hall–Kier alpha value is -3.16. The third kappa shape index (κ3) is 7.31. The molecule has 27 heavy (non-hydrogen) atoms. The Morgan fingerprint density at radius 1 is 1.11 bits per heavy atom. The molecule has 1 amide bonds. The fourth-order valence-corrected chi connectivity index (χ4v) is 2.08. The zero-order valence-corrected chi connectivity index (χ0v) is 16.0.